The summed E-state index contributed by atoms with van der Waals surface area (Å²) < 4.78 is 0. The Morgan fingerprint density at radius 2 is 0.958 bits per heavy atom. The number of carbonyl (C=O) groups is 2. The standard InChI is InChI=1S/C8H7Cl3O.C8H6Cl2O2/c1-3-5(9)4(2)7(11)8(12)6(3)10;1-3-5(9)8(12)6(10)4(2)7(3)11/h12H,1-2H3;1-2H3. The second kappa shape index (κ2) is 8.11. The van der Waals surface area contributed by atoms with E-state index in [2.05, 4.69) is 0 Å². The van der Waals surface area contributed by atoms with Gasteiger partial charge in [0.2, 0.25) is 5.78 Å². The summed E-state index contributed by atoms with van der Waals surface area (Å²) in [6.45, 7) is 6.48. The second-order valence-electron chi connectivity index (χ2n) is 5.08. The van der Waals surface area contributed by atoms with Crippen LogP contribution in [0.3, 0.4) is 0 Å². The van der Waals surface area contributed by atoms with Crippen molar-refractivity contribution in [3.05, 3.63) is 47.4 Å². The highest BCUT2D eigenvalue weighted by Gasteiger charge is 2.27. The number of aromatic hydroxyl groups is 1. The molecular weight excluding hydrogens is 417 g/mol. The molecule has 1 aromatic rings. The van der Waals surface area contributed by atoms with E-state index in [1.54, 1.807) is 13.8 Å². The van der Waals surface area contributed by atoms with Gasteiger partial charge in [0.05, 0.1) is 20.1 Å². The van der Waals surface area contributed by atoms with Crippen LogP contribution in [0.1, 0.15) is 25.0 Å². The summed E-state index contributed by atoms with van der Waals surface area (Å²) in [7, 11) is 0. The maximum absolute atomic E-state index is 11.3. The number of Topliss-reactive ketones (excluding diaryl/α,β-unsaturated/α-hetero) is 2. The summed E-state index contributed by atoms with van der Waals surface area (Å²) in [5.74, 6) is -0.824. The molecule has 130 valence electrons. The van der Waals surface area contributed by atoms with Gasteiger partial charge in [-0.15, -0.1) is 0 Å². The average Bonchev–Trinajstić information content (AvgIpc) is 2.58. The fourth-order valence-electron chi connectivity index (χ4n) is 1.84. The normalized spacial score (nSPS) is 14.9. The molecule has 0 atom stereocenters. The van der Waals surface area contributed by atoms with E-state index < -0.39 is 5.78 Å². The van der Waals surface area contributed by atoms with Crippen LogP contribution in [0, 0.1) is 13.8 Å². The first-order valence-electron chi connectivity index (χ1n) is 6.58. The highest BCUT2D eigenvalue weighted by Crippen LogP contribution is 2.41. The van der Waals surface area contributed by atoms with Gasteiger partial charge in [-0.05, 0) is 38.8 Å². The Kier molecular flexibility index (Phi) is 7.21. The fraction of sp³-hybridized carbons (Fsp3) is 0.250. The lowest BCUT2D eigenvalue weighted by atomic mass is 9.98. The number of ketones is 2. The smallest absolute Gasteiger partial charge is 0.216 e. The molecule has 0 saturated heterocycles. The molecule has 2 rings (SSSR count). The fourth-order valence-corrected chi connectivity index (χ4v) is 2.96. The zero-order valence-electron chi connectivity index (χ0n) is 13.2. The molecule has 0 heterocycles. The van der Waals surface area contributed by atoms with Crippen molar-refractivity contribution in [3.63, 3.8) is 0 Å². The van der Waals surface area contributed by atoms with Gasteiger partial charge in [-0.3, -0.25) is 9.59 Å². The largest absolute Gasteiger partial charge is 0.505 e. The quantitative estimate of drug-likeness (QED) is 0.504. The molecule has 0 unspecified atom stereocenters. The summed E-state index contributed by atoms with van der Waals surface area (Å²) in [5, 5.41) is 10.2. The summed E-state index contributed by atoms with van der Waals surface area (Å²) in [5.41, 5.74) is 1.84. The topological polar surface area (TPSA) is 54.4 Å². The number of phenols is 1. The van der Waals surface area contributed by atoms with E-state index in [-0.39, 0.29) is 42.8 Å². The third-order valence-corrected chi connectivity index (χ3v) is 5.87. The number of hydrogen-bond acceptors (Lipinski definition) is 3. The van der Waals surface area contributed by atoms with E-state index in [0.717, 1.165) is 0 Å². The van der Waals surface area contributed by atoms with Crippen molar-refractivity contribution >= 4 is 69.6 Å². The molecule has 1 aliphatic rings. The first-order valence-corrected chi connectivity index (χ1v) is 8.47. The summed E-state index contributed by atoms with van der Waals surface area (Å²) in [6.07, 6.45) is 0. The van der Waals surface area contributed by atoms with Crippen molar-refractivity contribution in [2.75, 3.05) is 0 Å². The lowest BCUT2D eigenvalue weighted by Crippen LogP contribution is -2.16. The van der Waals surface area contributed by atoms with Gasteiger partial charge in [-0.1, -0.05) is 58.0 Å². The van der Waals surface area contributed by atoms with Crippen LogP contribution >= 0.6 is 58.0 Å². The molecule has 8 heteroatoms. The Bertz CT molecular complexity index is 639. The zero-order chi connectivity index (χ0) is 18.9. The molecular formula is C16H13Cl5O3. The van der Waals surface area contributed by atoms with Gasteiger partial charge in [-0.2, -0.15) is 0 Å². The maximum atomic E-state index is 11.3. The average molecular weight is 431 g/mol. The Labute approximate surface area is 164 Å². The molecule has 0 aromatic heterocycles. The molecule has 0 radical (unpaired) electrons. The Morgan fingerprint density at radius 3 is 1.29 bits per heavy atom. The molecule has 1 aromatic carbocycles. The van der Waals surface area contributed by atoms with Crippen molar-refractivity contribution < 1.29 is 14.7 Å². The van der Waals surface area contributed by atoms with E-state index >= 15 is 0 Å². The first kappa shape index (κ1) is 21.3. The Hall–Kier alpha value is -0.710. The lowest BCUT2D eigenvalue weighted by Gasteiger charge is -2.11. The third-order valence-electron chi connectivity index (χ3n) is 3.47. The second-order valence-corrected chi connectivity index (χ2v) is 6.97. The lowest BCUT2D eigenvalue weighted by molar-refractivity contribution is -0.115. The summed E-state index contributed by atoms with van der Waals surface area (Å²) >= 11 is 28.5. The minimum absolute atomic E-state index is 0.0735. The molecule has 0 spiro atoms. The molecule has 0 amide bonds. The number of carbonyl (C=O) groups excluding carboxylic acids is 2. The number of rotatable bonds is 0. The number of hydrogen-bond donors (Lipinski definition) is 1. The van der Waals surface area contributed by atoms with Gasteiger partial charge in [0.1, 0.15) is 0 Å². The van der Waals surface area contributed by atoms with Crippen LogP contribution in [0.4, 0.5) is 0 Å². The van der Waals surface area contributed by atoms with Gasteiger partial charge in [0, 0.05) is 16.2 Å². The molecule has 0 saturated carbocycles. The highest BCUT2D eigenvalue weighted by molar-refractivity contribution is 6.58. The van der Waals surface area contributed by atoms with Crippen molar-refractivity contribution in [1.29, 1.82) is 0 Å². The van der Waals surface area contributed by atoms with Gasteiger partial charge < -0.3 is 5.11 Å². The van der Waals surface area contributed by atoms with E-state index in [1.165, 1.54) is 13.8 Å². The Balaban J connectivity index is 0.000000240. The molecule has 1 aliphatic carbocycles. The molecule has 0 fully saturated rings. The van der Waals surface area contributed by atoms with Crippen molar-refractivity contribution in [2.24, 2.45) is 0 Å². The van der Waals surface area contributed by atoms with Crippen molar-refractivity contribution in [2.45, 2.75) is 27.7 Å². The van der Waals surface area contributed by atoms with E-state index in [0.29, 0.717) is 16.1 Å². The minimum atomic E-state index is -0.465. The predicted octanol–water partition coefficient (Wildman–Crippen LogP) is 6.13. The van der Waals surface area contributed by atoms with Crippen molar-refractivity contribution in [1.82, 2.24) is 0 Å². The van der Waals surface area contributed by atoms with E-state index in [9.17, 15) is 14.7 Å². The van der Waals surface area contributed by atoms with Crippen LogP contribution in [-0.4, -0.2) is 16.7 Å². The van der Waals surface area contributed by atoms with Crippen LogP contribution < -0.4 is 0 Å². The molecule has 24 heavy (non-hydrogen) atoms. The van der Waals surface area contributed by atoms with E-state index in [1.807, 2.05) is 0 Å². The predicted molar refractivity (Wildman–Crippen MR) is 99.7 cm³/mol. The number of benzene rings is 1. The van der Waals surface area contributed by atoms with Gasteiger partial charge in [0.15, 0.2) is 11.5 Å². The van der Waals surface area contributed by atoms with Gasteiger partial charge in [0.25, 0.3) is 0 Å². The van der Waals surface area contributed by atoms with Crippen LogP contribution in [0.15, 0.2) is 21.2 Å². The number of halogens is 5. The van der Waals surface area contributed by atoms with Crippen LogP contribution in [-0.2, 0) is 9.59 Å². The zero-order valence-corrected chi connectivity index (χ0v) is 16.9. The molecule has 0 bridgehead atoms. The maximum Gasteiger partial charge on any atom is 0.216 e. The van der Waals surface area contributed by atoms with Crippen LogP contribution in [0.25, 0.3) is 0 Å². The van der Waals surface area contributed by atoms with Crippen LogP contribution in [0.5, 0.6) is 5.75 Å². The SMILES string of the molecule is CC1=C(Cl)C(=O)C(Cl)=C(C)C1=O.Cc1c(Cl)c(C)c(Cl)c(O)c1Cl. The van der Waals surface area contributed by atoms with E-state index in [4.69, 9.17) is 58.0 Å². The molecule has 1 N–H and O–H groups in total. The number of phenolic OH excluding ortho intramolecular Hbond substituents is 1. The van der Waals surface area contributed by atoms with Crippen LogP contribution in [0.2, 0.25) is 15.1 Å². The monoisotopic (exact) mass is 428 g/mol. The highest BCUT2D eigenvalue weighted by atomic mass is 35.5. The molecule has 3 nitrogen and oxygen atoms in total. The van der Waals surface area contributed by atoms with Gasteiger partial charge in [-0.25, -0.2) is 0 Å². The van der Waals surface area contributed by atoms with Crippen molar-refractivity contribution in [3.8, 4) is 5.75 Å². The third kappa shape index (κ3) is 3.92. The summed E-state index contributed by atoms with van der Waals surface area (Å²) in [6, 6.07) is 0. The Morgan fingerprint density at radius 1 is 0.625 bits per heavy atom. The van der Waals surface area contributed by atoms with Gasteiger partial charge >= 0.3 is 0 Å². The first-order chi connectivity index (χ1) is 10.9. The summed E-state index contributed by atoms with van der Waals surface area (Å²) in [4.78, 5) is 22.4. The number of allylic oxidation sites excluding steroid dienone is 4. The molecule has 0 aliphatic heterocycles. The minimum Gasteiger partial charge on any atom is -0.505 e.